The number of nitro groups is 2. The molecule has 0 heterocycles. The van der Waals surface area contributed by atoms with Gasteiger partial charge in [0.15, 0.2) is 0 Å². The molecule has 0 fully saturated rings. The Labute approximate surface area is 267 Å². The molecule has 0 aliphatic carbocycles. The van der Waals surface area contributed by atoms with Gasteiger partial charge in [-0.2, -0.15) is 0 Å². The van der Waals surface area contributed by atoms with Gasteiger partial charge in [0.05, 0.1) is 15.9 Å². The largest absolute Gasteiger partial charge is 0.444 e. The fourth-order valence-electron chi connectivity index (χ4n) is 4.66. The zero-order valence-electron chi connectivity index (χ0n) is 27.6. The van der Waals surface area contributed by atoms with E-state index in [1.807, 2.05) is 0 Å². The molecule has 0 unspecified atom stereocenters. The molecule has 3 rings (SSSR count). The Kier molecular flexibility index (Phi) is 10.1. The first-order valence-electron chi connectivity index (χ1n) is 14.4. The highest BCUT2D eigenvalue weighted by Gasteiger charge is 2.27. The topological polar surface area (TPSA) is 187 Å². The number of ether oxygens (including phenoxy) is 2. The van der Waals surface area contributed by atoms with Crippen LogP contribution in [0.4, 0.5) is 55.1 Å². The van der Waals surface area contributed by atoms with Crippen molar-refractivity contribution < 1.29 is 28.9 Å². The van der Waals surface area contributed by atoms with Gasteiger partial charge >= 0.3 is 12.2 Å². The van der Waals surface area contributed by atoms with Crippen molar-refractivity contribution in [2.75, 3.05) is 21.3 Å². The molecule has 3 aromatic rings. The Bertz CT molecular complexity index is 1540. The van der Waals surface area contributed by atoms with Crippen molar-refractivity contribution in [1.82, 2.24) is 0 Å². The minimum Gasteiger partial charge on any atom is -0.444 e. The first kappa shape index (κ1) is 35.1. The van der Waals surface area contributed by atoms with Gasteiger partial charge in [-0.1, -0.05) is 0 Å². The molecular weight excluding hydrogens is 596 g/mol. The molecule has 3 aromatic carbocycles. The molecule has 0 aliphatic heterocycles. The molecule has 14 nitrogen and oxygen atoms in total. The van der Waals surface area contributed by atoms with Gasteiger partial charge in [0, 0.05) is 22.7 Å². The molecular formula is C32H40N6O8. The summed E-state index contributed by atoms with van der Waals surface area (Å²) < 4.78 is 10.6. The lowest BCUT2D eigenvalue weighted by Crippen LogP contribution is -2.27. The van der Waals surface area contributed by atoms with Crippen molar-refractivity contribution in [2.45, 2.75) is 80.4 Å². The number of rotatable bonds is 8. The van der Waals surface area contributed by atoms with Crippen LogP contribution in [0.2, 0.25) is 0 Å². The van der Waals surface area contributed by atoms with E-state index in [1.54, 1.807) is 93.5 Å². The average molecular weight is 637 g/mol. The molecule has 0 spiro atoms. The van der Waals surface area contributed by atoms with Crippen molar-refractivity contribution >= 4 is 57.7 Å². The van der Waals surface area contributed by atoms with Gasteiger partial charge in [0.1, 0.15) is 22.6 Å². The smallest absolute Gasteiger partial charge is 0.412 e. The number of aryl methyl sites for hydroxylation is 4. The summed E-state index contributed by atoms with van der Waals surface area (Å²) in [6.07, 6.45) is -1.26. The van der Waals surface area contributed by atoms with Crippen molar-refractivity contribution in [2.24, 2.45) is 0 Å². The van der Waals surface area contributed by atoms with E-state index in [4.69, 9.17) is 9.47 Å². The third-order valence-corrected chi connectivity index (χ3v) is 6.38. The van der Waals surface area contributed by atoms with Crippen LogP contribution in [0.15, 0.2) is 36.4 Å². The highest BCUT2D eigenvalue weighted by Crippen LogP contribution is 2.41. The number of hydrogen-bond acceptors (Lipinski definition) is 10. The van der Waals surface area contributed by atoms with Crippen LogP contribution in [0.3, 0.4) is 0 Å². The number of hydrogen-bond donors (Lipinski definition) is 4. The molecule has 0 bridgehead atoms. The molecule has 0 saturated carbocycles. The van der Waals surface area contributed by atoms with E-state index in [0.717, 1.165) is 6.07 Å². The van der Waals surface area contributed by atoms with Crippen LogP contribution in [0.1, 0.15) is 63.8 Å². The number of carbonyl (C=O) groups is 2. The maximum Gasteiger partial charge on any atom is 0.412 e. The maximum absolute atomic E-state index is 12.3. The fraction of sp³-hybridized carbons (Fsp3) is 0.375. The van der Waals surface area contributed by atoms with Crippen molar-refractivity contribution in [3.05, 3.63) is 78.9 Å². The second kappa shape index (κ2) is 13.3. The first-order valence-corrected chi connectivity index (χ1v) is 14.4. The van der Waals surface area contributed by atoms with Crippen molar-refractivity contribution in [3.63, 3.8) is 0 Å². The predicted molar refractivity (Wildman–Crippen MR) is 178 cm³/mol. The molecule has 0 aliphatic rings. The van der Waals surface area contributed by atoms with Gasteiger partial charge in [-0.15, -0.1) is 0 Å². The van der Waals surface area contributed by atoms with Gasteiger partial charge in [0.25, 0.3) is 11.4 Å². The summed E-state index contributed by atoms with van der Waals surface area (Å²) in [7, 11) is 0. The molecule has 0 saturated heterocycles. The molecule has 46 heavy (non-hydrogen) atoms. The highest BCUT2D eigenvalue weighted by atomic mass is 16.6. The van der Waals surface area contributed by atoms with Crippen LogP contribution in [0.5, 0.6) is 0 Å². The van der Waals surface area contributed by atoms with E-state index >= 15 is 0 Å². The van der Waals surface area contributed by atoms with Crippen LogP contribution in [0, 0.1) is 47.9 Å². The van der Waals surface area contributed by atoms with E-state index in [9.17, 15) is 29.8 Å². The maximum atomic E-state index is 12.3. The summed E-state index contributed by atoms with van der Waals surface area (Å²) in [5.74, 6) is 0. The molecule has 4 N–H and O–H groups in total. The molecule has 0 atom stereocenters. The Morgan fingerprint density at radius 1 is 0.587 bits per heavy atom. The third kappa shape index (κ3) is 9.30. The van der Waals surface area contributed by atoms with Crippen LogP contribution >= 0.6 is 0 Å². The summed E-state index contributed by atoms with van der Waals surface area (Å²) in [5.41, 5.74) is 2.18. The Morgan fingerprint density at radius 3 is 1.15 bits per heavy atom. The van der Waals surface area contributed by atoms with Gasteiger partial charge in [-0.05, 0) is 122 Å². The summed E-state index contributed by atoms with van der Waals surface area (Å²) in [6, 6.07) is 8.92. The quantitative estimate of drug-likeness (QED) is 0.137. The summed E-state index contributed by atoms with van der Waals surface area (Å²) in [5, 5.41) is 35.6. The van der Waals surface area contributed by atoms with E-state index in [1.165, 1.54) is 6.07 Å². The molecule has 0 radical (unpaired) electrons. The number of anilines is 6. The monoisotopic (exact) mass is 636 g/mol. The molecule has 246 valence electrons. The summed E-state index contributed by atoms with van der Waals surface area (Å²) in [6.45, 7) is 17.5. The second-order valence-electron chi connectivity index (χ2n) is 12.9. The molecule has 14 heteroatoms. The number of carbonyl (C=O) groups excluding carboxylic acids is 2. The Morgan fingerprint density at radius 2 is 0.891 bits per heavy atom. The Balaban J connectivity index is 2.00. The highest BCUT2D eigenvalue weighted by molar-refractivity contribution is 5.89. The summed E-state index contributed by atoms with van der Waals surface area (Å²) >= 11 is 0. The number of nitro benzene ring substituents is 2. The lowest BCUT2D eigenvalue weighted by Gasteiger charge is -2.21. The minimum absolute atomic E-state index is 0.00988. The zero-order chi connectivity index (χ0) is 34.7. The van der Waals surface area contributed by atoms with Gasteiger partial charge < -0.3 is 20.1 Å². The zero-order valence-corrected chi connectivity index (χ0v) is 27.6. The molecule has 2 amide bonds. The average Bonchev–Trinajstić information content (AvgIpc) is 2.85. The van der Waals surface area contributed by atoms with Crippen molar-refractivity contribution in [1.29, 1.82) is 0 Å². The van der Waals surface area contributed by atoms with Crippen molar-refractivity contribution in [3.8, 4) is 0 Å². The van der Waals surface area contributed by atoms with Crippen LogP contribution < -0.4 is 21.3 Å². The Hall–Kier alpha value is -5.40. The SMILES string of the molecule is Cc1cc(NC(=O)OC(C)(C)C)cc(C)c1Nc1cc(Nc2c(C)cc(NC(=O)OC(C)(C)C)cc2C)c([N+](=O)[O-])cc1[N+](=O)[O-]. The van der Waals surface area contributed by atoms with E-state index in [2.05, 4.69) is 21.3 Å². The lowest BCUT2D eigenvalue weighted by molar-refractivity contribution is -0.393. The number of benzene rings is 3. The third-order valence-electron chi connectivity index (χ3n) is 6.38. The van der Waals surface area contributed by atoms with E-state index in [0.29, 0.717) is 45.0 Å². The van der Waals surface area contributed by atoms with E-state index in [-0.39, 0.29) is 11.4 Å². The fourth-order valence-corrected chi connectivity index (χ4v) is 4.66. The second-order valence-corrected chi connectivity index (χ2v) is 12.9. The van der Waals surface area contributed by atoms with Gasteiger partial charge in [0.2, 0.25) is 0 Å². The number of nitrogens with zero attached hydrogens (tertiary/aromatic N) is 2. The normalized spacial score (nSPS) is 11.3. The minimum atomic E-state index is -0.699. The van der Waals surface area contributed by atoms with Gasteiger partial charge in [-0.3, -0.25) is 30.9 Å². The standard InChI is InChI=1S/C32H40N6O8/c1-17-11-21(33-29(39)45-31(5,6)7)12-18(2)27(17)35-23-15-24(26(38(43)44)16-25(23)37(41)42)36-28-19(3)13-22(14-20(28)4)34-30(40)46-32(8,9)10/h11-16,35-36H,1-10H3,(H,33,39)(H,34,40). The van der Waals surface area contributed by atoms with Crippen LogP contribution in [0.25, 0.3) is 0 Å². The first-order chi connectivity index (χ1) is 21.1. The number of amides is 2. The van der Waals surface area contributed by atoms with E-state index < -0.39 is 44.6 Å². The lowest BCUT2D eigenvalue weighted by atomic mass is 10.1. The number of nitrogens with one attached hydrogen (secondary N) is 4. The summed E-state index contributed by atoms with van der Waals surface area (Å²) in [4.78, 5) is 47.3. The van der Waals surface area contributed by atoms with Gasteiger partial charge in [-0.25, -0.2) is 9.59 Å². The van der Waals surface area contributed by atoms with Crippen LogP contribution in [-0.4, -0.2) is 33.2 Å². The molecule has 0 aromatic heterocycles. The predicted octanol–water partition coefficient (Wildman–Crippen LogP) is 8.92. The van der Waals surface area contributed by atoms with Crippen LogP contribution in [-0.2, 0) is 9.47 Å².